The molecule has 2 N–H and O–H groups in total. The Morgan fingerprint density at radius 3 is 2.52 bits per heavy atom. The van der Waals surface area contributed by atoms with Gasteiger partial charge in [-0.05, 0) is 45.4 Å². The van der Waals surface area contributed by atoms with Crippen molar-refractivity contribution in [2.45, 2.75) is 39.5 Å². The lowest BCUT2D eigenvalue weighted by molar-refractivity contribution is 0.0108. The summed E-state index contributed by atoms with van der Waals surface area (Å²) in [5, 5.41) is 6.06. The van der Waals surface area contributed by atoms with Gasteiger partial charge in [0, 0.05) is 20.4 Å². The van der Waals surface area contributed by atoms with Crippen molar-refractivity contribution in [3.8, 4) is 11.8 Å². The average Bonchev–Trinajstić information content (AvgIpc) is 2.72. The first-order valence-electron chi connectivity index (χ1n) is 9.98. The van der Waals surface area contributed by atoms with E-state index in [2.05, 4.69) is 39.4 Å². The van der Waals surface area contributed by atoms with Crippen LogP contribution in [0.15, 0.2) is 34.4 Å². The molecule has 0 bridgehead atoms. The molecule has 1 unspecified atom stereocenters. The zero-order chi connectivity index (χ0) is 24.9. The molecule has 1 rings (SSSR count). The van der Waals surface area contributed by atoms with Crippen molar-refractivity contribution < 1.29 is 23.5 Å². The third-order valence-corrected chi connectivity index (χ3v) is 4.50. The smallest absolute Gasteiger partial charge is 0.412 e. The molecule has 11 heteroatoms. The standard InChI is InChI=1S/C22H30FN5O4S/c1-7-8-15-33-20(26-19(29)27-24-5)25-18(16-9-11-17(23)12-10-16)28(13-14-31-6)21(30)32-22(2,3)4/h9-12,18H,5,13-15H2,1-4,6H3,(H2,25,26,27,29). The molecule has 0 aliphatic carbocycles. The molecular formula is C22H30FN5O4S. The molecule has 3 amide bonds. The topological polar surface area (TPSA) is 105 Å². The van der Waals surface area contributed by atoms with Gasteiger partial charge in [0.1, 0.15) is 11.4 Å². The molecule has 0 heterocycles. The number of urea groups is 1. The highest BCUT2D eigenvalue weighted by Crippen LogP contribution is 2.26. The number of carbonyl (C=O) groups excluding carboxylic acids is 2. The summed E-state index contributed by atoms with van der Waals surface area (Å²) in [6, 6.07) is 4.87. The lowest BCUT2D eigenvalue weighted by Gasteiger charge is -2.32. The zero-order valence-corrected chi connectivity index (χ0v) is 20.3. The SMILES string of the molecule is C=NNC(=O)N/C(=N\C(c1ccc(F)cc1)N(CCOC)C(=O)OC(C)(C)C)SCC#CC. The Morgan fingerprint density at radius 2 is 1.97 bits per heavy atom. The van der Waals surface area contributed by atoms with Crippen molar-refractivity contribution >= 4 is 35.8 Å². The van der Waals surface area contributed by atoms with E-state index in [0.717, 1.165) is 11.8 Å². The largest absolute Gasteiger partial charge is 0.444 e. The number of hydrogen-bond donors (Lipinski definition) is 2. The third kappa shape index (κ3) is 10.9. The summed E-state index contributed by atoms with van der Waals surface area (Å²) in [4.78, 5) is 31.1. The highest BCUT2D eigenvalue weighted by Gasteiger charge is 2.30. The molecule has 33 heavy (non-hydrogen) atoms. The van der Waals surface area contributed by atoms with Crippen molar-refractivity contribution in [2.24, 2.45) is 10.1 Å². The minimum atomic E-state index is -0.954. The van der Waals surface area contributed by atoms with Crippen molar-refractivity contribution in [2.75, 3.05) is 26.0 Å². The predicted molar refractivity (Wildman–Crippen MR) is 129 cm³/mol. The summed E-state index contributed by atoms with van der Waals surface area (Å²) in [7, 11) is 1.50. The van der Waals surface area contributed by atoms with E-state index in [1.165, 1.54) is 36.3 Å². The highest BCUT2D eigenvalue weighted by molar-refractivity contribution is 8.14. The molecule has 1 aromatic rings. The van der Waals surface area contributed by atoms with E-state index in [0.29, 0.717) is 11.3 Å². The first-order valence-corrected chi connectivity index (χ1v) is 11.0. The van der Waals surface area contributed by atoms with Gasteiger partial charge in [-0.3, -0.25) is 10.2 Å². The number of ether oxygens (including phenoxy) is 2. The second-order valence-electron chi connectivity index (χ2n) is 7.47. The number of nitrogens with one attached hydrogen (secondary N) is 2. The molecule has 0 aliphatic heterocycles. The maximum Gasteiger partial charge on any atom is 0.412 e. The van der Waals surface area contributed by atoms with Gasteiger partial charge in [0.25, 0.3) is 0 Å². The van der Waals surface area contributed by atoms with Crippen LogP contribution >= 0.6 is 11.8 Å². The van der Waals surface area contributed by atoms with Gasteiger partial charge in [0.15, 0.2) is 11.3 Å². The number of thioether (sulfide) groups is 1. The number of nitrogens with zero attached hydrogens (tertiary/aromatic N) is 3. The fraction of sp³-hybridized carbons (Fsp3) is 0.455. The van der Waals surface area contributed by atoms with Crippen LogP contribution in [0.5, 0.6) is 0 Å². The van der Waals surface area contributed by atoms with Gasteiger partial charge in [0.2, 0.25) is 0 Å². The number of rotatable bonds is 8. The van der Waals surface area contributed by atoms with Crippen LogP contribution in [0.2, 0.25) is 0 Å². The van der Waals surface area contributed by atoms with Gasteiger partial charge in [-0.2, -0.15) is 5.10 Å². The van der Waals surface area contributed by atoms with Crippen molar-refractivity contribution in [1.29, 1.82) is 0 Å². The average molecular weight is 480 g/mol. The molecular weight excluding hydrogens is 449 g/mol. The van der Waals surface area contributed by atoms with Crippen LogP contribution in [-0.2, 0) is 9.47 Å². The van der Waals surface area contributed by atoms with Gasteiger partial charge < -0.3 is 9.47 Å². The fourth-order valence-electron chi connectivity index (χ4n) is 2.37. The van der Waals surface area contributed by atoms with E-state index in [-0.39, 0.29) is 18.3 Å². The first kappa shape index (κ1) is 27.9. The molecule has 0 saturated carbocycles. The number of amides is 3. The molecule has 0 fully saturated rings. The second kappa shape index (κ2) is 14.1. The Morgan fingerprint density at radius 1 is 1.30 bits per heavy atom. The Balaban J connectivity index is 3.51. The number of aliphatic imine (C=N–C) groups is 1. The Labute approximate surface area is 198 Å². The number of hydrazone groups is 1. The minimum Gasteiger partial charge on any atom is -0.444 e. The lowest BCUT2D eigenvalue weighted by atomic mass is 10.1. The zero-order valence-electron chi connectivity index (χ0n) is 19.5. The number of hydrogen-bond acceptors (Lipinski definition) is 7. The normalized spacial score (nSPS) is 12.1. The lowest BCUT2D eigenvalue weighted by Crippen LogP contribution is -2.42. The Bertz CT molecular complexity index is 891. The fourth-order valence-corrected chi connectivity index (χ4v) is 3.07. The van der Waals surface area contributed by atoms with Gasteiger partial charge in [-0.25, -0.2) is 24.4 Å². The van der Waals surface area contributed by atoms with Gasteiger partial charge in [-0.15, -0.1) is 5.92 Å². The van der Waals surface area contributed by atoms with Crippen LogP contribution in [0.3, 0.4) is 0 Å². The molecule has 0 aromatic heterocycles. The molecule has 9 nitrogen and oxygen atoms in total. The van der Waals surface area contributed by atoms with Crippen LogP contribution in [0.25, 0.3) is 0 Å². The molecule has 0 spiro atoms. The van der Waals surface area contributed by atoms with Gasteiger partial charge in [-0.1, -0.05) is 29.8 Å². The summed E-state index contributed by atoms with van der Waals surface area (Å²) in [6.07, 6.45) is -1.60. The van der Waals surface area contributed by atoms with Gasteiger partial charge in [0.05, 0.1) is 12.4 Å². The summed E-state index contributed by atoms with van der Waals surface area (Å²) in [6.45, 7) is 10.5. The Hall–Kier alpha value is -3.10. The monoisotopic (exact) mass is 479 g/mol. The summed E-state index contributed by atoms with van der Waals surface area (Å²) in [5.74, 6) is 5.52. The number of carbonyl (C=O) groups is 2. The summed E-state index contributed by atoms with van der Waals surface area (Å²) >= 11 is 1.15. The highest BCUT2D eigenvalue weighted by atomic mass is 32.2. The van der Waals surface area contributed by atoms with Crippen LogP contribution in [0.1, 0.15) is 39.4 Å². The van der Waals surface area contributed by atoms with Crippen LogP contribution in [0, 0.1) is 17.7 Å². The van der Waals surface area contributed by atoms with E-state index in [4.69, 9.17) is 9.47 Å². The predicted octanol–water partition coefficient (Wildman–Crippen LogP) is 3.74. The summed E-state index contributed by atoms with van der Waals surface area (Å²) < 4.78 is 24.3. The third-order valence-electron chi connectivity index (χ3n) is 3.73. The van der Waals surface area contributed by atoms with Crippen LogP contribution in [-0.4, -0.2) is 60.5 Å². The van der Waals surface area contributed by atoms with E-state index in [1.807, 2.05) is 0 Å². The first-order chi connectivity index (χ1) is 15.6. The maximum absolute atomic E-state index is 13.6. The van der Waals surface area contributed by atoms with Crippen molar-refractivity contribution in [1.82, 2.24) is 15.6 Å². The minimum absolute atomic E-state index is 0.129. The van der Waals surface area contributed by atoms with Crippen LogP contribution < -0.4 is 10.7 Å². The number of benzene rings is 1. The number of amidine groups is 1. The number of halogens is 1. The Kier molecular flexibility index (Phi) is 12.0. The van der Waals surface area contributed by atoms with Gasteiger partial charge >= 0.3 is 12.1 Å². The quantitative estimate of drug-likeness (QED) is 0.256. The van der Waals surface area contributed by atoms with E-state index >= 15 is 0 Å². The molecule has 1 atom stereocenters. The van der Waals surface area contributed by atoms with Crippen molar-refractivity contribution in [3.05, 3.63) is 35.6 Å². The second-order valence-corrected chi connectivity index (χ2v) is 8.43. The molecule has 1 aromatic carbocycles. The number of methoxy groups -OCH3 is 1. The van der Waals surface area contributed by atoms with Crippen LogP contribution in [0.4, 0.5) is 14.0 Å². The van der Waals surface area contributed by atoms with E-state index in [9.17, 15) is 14.0 Å². The van der Waals surface area contributed by atoms with E-state index in [1.54, 1.807) is 27.7 Å². The molecule has 180 valence electrons. The van der Waals surface area contributed by atoms with Crippen molar-refractivity contribution in [3.63, 3.8) is 0 Å². The molecule has 0 saturated heterocycles. The molecule has 0 radical (unpaired) electrons. The van der Waals surface area contributed by atoms with E-state index < -0.39 is 29.7 Å². The molecule has 0 aliphatic rings. The maximum atomic E-state index is 13.6. The summed E-state index contributed by atoms with van der Waals surface area (Å²) in [5.41, 5.74) is 1.90.